The number of unbranched alkanes of at least 4 members (excludes halogenated alkanes) is 1. The highest BCUT2D eigenvalue weighted by Gasteiger charge is 2.21. The van der Waals surface area contributed by atoms with E-state index in [0.29, 0.717) is 28.5 Å². The first kappa shape index (κ1) is 22.2. The number of thiazole rings is 1. The van der Waals surface area contributed by atoms with Gasteiger partial charge < -0.3 is 4.74 Å². The molecule has 1 N–H and O–H groups in total. The fraction of sp³-hybridized carbons (Fsp3) is 0.333. The Balaban J connectivity index is 1.78. The van der Waals surface area contributed by atoms with Crippen LogP contribution < -0.4 is 10.1 Å². The van der Waals surface area contributed by atoms with Crippen LogP contribution in [0, 0.1) is 6.92 Å². The van der Waals surface area contributed by atoms with Gasteiger partial charge in [0.05, 0.1) is 16.7 Å². The Morgan fingerprint density at radius 1 is 1.20 bits per heavy atom. The third kappa shape index (κ3) is 4.48. The Hall–Kier alpha value is -2.49. The molecule has 0 spiro atoms. The van der Waals surface area contributed by atoms with Crippen LogP contribution in [0.1, 0.15) is 35.7 Å². The number of aromatic nitrogens is 1. The monoisotopic (exact) mass is 447 g/mol. The molecule has 1 heterocycles. The van der Waals surface area contributed by atoms with E-state index in [1.807, 2.05) is 26.0 Å². The molecule has 1 amide bonds. The number of nitrogens with zero attached hydrogens (tertiary/aromatic N) is 2. The number of ether oxygens (including phenoxy) is 1. The third-order valence-electron chi connectivity index (χ3n) is 4.80. The number of nitrogens with one attached hydrogen (secondary N) is 1. The number of carbonyl (C=O) groups excluding carboxylic acids is 1. The normalized spacial score (nSPS) is 11.8. The van der Waals surface area contributed by atoms with Gasteiger partial charge in [0, 0.05) is 19.2 Å². The zero-order valence-corrected chi connectivity index (χ0v) is 19.1. The van der Waals surface area contributed by atoms with Crippen molar-refractivity contribution in [1.29, 1.82) is 0 Å². The van der Waals surface area contributed by atoms with Crippen LogP contribution in [-0.2, 0) is 10.0 Å². The molecule has 0 aliphatic rings. The van der Waals surface area contributed by atoms with E-state index in [1.54, 1.807) is 14.2 Å². The standard InChI is InChI=1S/C21H25N3O4S2/c1-5-6-13-24(3)30(26,27)16-10-8-15(9-11-16)20(25)23-21-22-18-17(28-4)12-7-14(2)19(18)29-21/h7-12H,5-6,13H2,1-4H3,(H,22,23,25). The second-order valence-corrected chi connectivity index (χ2v) is 9.98. The summed E-state index contributed by atoms with van der Waals surface area (Å²) in [5.74, 6) is 0.295. The summed E-state index contributed by atoms with van der Waals surface area (Å²) in [7, 11) is -0.420. The van der Waals surface area contributed by atoms with E-state index >= 15 is 0 Å². The van der Waals surface area contributed by atoms with Crippen LogP contribution in [-0.4, -0.2) is 44.3 Å². The molecular formula is C21H25N3O4S2. The lowest BCUT2D eigenvalue weighted by molar-refractivity contribution is 0.102. The highest BCUT2D eigenvalue weighted by molar-refractivity contribution is 7.89. The van der Waals surface area contributed by atoms with Gasteiger partial charge in [-0.25, -0.2) is 17.7 Å². The van der Waals surface area contributed by atoms with E-state index in [-0.39, 0.29) is 10.8 Å². The van der Waals surface area contributed by atoms with Crippen LogP contribution in [0.5, 0.6) is 5.75 Å². The fourth-order valence-electron chi connectivity index (χ4n) is 2.96. The summed E-state index contributed by atoms with van der Waals surface area (Å²) in [6.07, 6.45) is 1.71. The number of fused-ring (bicyclic) bond motifs is 1. The van der Waals surface area contributed by atoms with E-state index in [2.05, 4.69) is 10.3 Å². The van der Waals surface area contributed by atoms with E-state index < -0.39 is 10.0 Å². The maximum Gasteiger partial charge on any atom is 0.257 e. The number of anilines is 1. The van der Waals surface area contributed by atoms with Gasteiger partial charge in [-0.05, 0) is 49.2 Å². The molecule has 160 valence electrons. The van der Waals surface area contributed by atoms with Crippen molar-refractivity contribution >= 4 is 42.6 Å². The Morgan fingerprint density at radius 3 is 2.53 bits per heavy atom. The average Bonchev–Trinajstić information content (AvgIpc) is 3.16. The molecule has 7 nitrogen and oxygen atoms in total. The molecule has 0 atom stereocenters. The second-order valence-electron chi connectivity index (χ2n) is 6.94. The molecule has 0 saturated carbocycles. The van der Waals surface area contributed by atoms with Crippen molar-refractivity contribution in [3.8, 4) is 5.75 Å². The minimum absolute atomic E-state index is 0.165. The zero-order valence-electron chi connectivity index (χ0n) is 17.4. The minimum Gasteiger partial charge on any atom is -0.494 e. The van der Waals surface area contributed by atoms with Gasteiger partial charge in [0.25, 0.3) is 5.91 Å². The predicted octanol–water partition coefficient (Wildman–Crippen LogP) is 4.29. The van der Waals surface area contributed by atoms with Gasteiger partial charge in [-0.3, -0.25) is 10.1 Å². The number of methoxy groups -OCH3 is 1. The van der Waals surface area contributed by atoms with Crippen LogP contribution in [0.2, 0.25) is 0 Å². The number of hydrogen-bond acceptors (Lipinski definition) is 6. The smallest absolute Gasteiger partial charge is 0.257 e. The van der Waals surface area contributed by atoms with Gasteiger partial charge in [-0.1, -0.05) is 30.7 Å². The summed E-state index contributed by atoms with van der Waals surface area (Å²) >= 11 is 1.37. The molecule has 3 rings (SSSR count). The van der Waals surface area contributed by atoms with Crippen LogP contribution >= 0.6 is 11.3 Å². The minimum atomic E-state index is -3.56. The van der Waals surface area contributed by atoms with Crippen LogP contribution in [0.4, 0.5) is 5.13 Å². The van der Waals surface area contributed by atoms with Crippen molar-refractivity contribution in [2.45, 2.75) is 31.6 Å². The summed E-state index contributed by atoms with van der Waals surface area (Å²) in [6, 6.07) is 9.72. The summed E-state index contributed by atoms with van der Waals surface area (Å²) in [5.41, 5.74) is 2.10. The number of aryl methyl sites for hydroxylation is 1. The molecule has 0 bridgehead atoms. The molecular weight excluding hydrogens is 422 g/mol. The number of hydrogen-bond donors (Lipinski definition) is 1. The molecule has 0 fully saturated rings. The largest absolute Gasteiger partial charge is 0.494 e. The topological polar surface area (TPSA) is 88.6 Å². The number of amides is 1. The second kappa shape index (κ2) is 9.11. The van der Waals surface area contributed by atoms with Crippen LogP contribution in [0.25, 0.3) is 10.2 Å². The molecule has 9 heteroatoms. The van der Waals surface area contributed by atoms with Crippen molar-refractivity contribution in [3.63, 3.8) is 0 Å². The first-order chi connectivity index (χ1) is 14.3. The first-order valence-electron chi connectivity index (χ1n) is 9.59. The molecule has 2 aromatic carbocycles. The maximum atomic E-state index is 12.6. The van der Waals surface area contributed by atoms with E-state index in [9.17, 15) is 13.2 Å². The van der Waals surface area contributed by atoms with Gasteiger partial charge in [-0.2, -0.15) is 0 Å². The quantitative estimate of drug-likeness (QED) is 0.557. The SMILES string of the molecule is CCCCN(C)S(=O)(=O)c1ccc(C(=O)Nc2nc3c(OC)ccc(C)c3s2)cc1. The lowest BCUT2D eigenvalue weighted by Crippen LogP contribution is -2.28. The Morgan fingerprint density at radius 2 is 1.90 bits per heavy atom. The summed E-state index contributed by atoms with van der Waals surface area (Å²) in [6.45, 7) is 4.44. The fourth-order valence-corrected chi connectivity index (χ4v) is 5.11. The lowest BCUT2D eigenvalue weighted by Gasteiger charge is -2.16. The van der Waals surface area contributed by atoms with Gasteiger partial charge in [-0.15, -0.1) is 0 Å². The zero-order chi connectivity index (χ0) is 21.9. The Labute approximate surface area is 180 Å². The molecule has 30 heavy (non-hydrogen) atoms. The molecule has 0 radical (unpaired) electrons. The maximum absolute atomic E-state index is 12.6. The molecule has 0 unspecified atom stereocenters. The number of carbonyl (C=O) groups is 1. The number of benzene rings is 2. The molecule has 0 aliphatic heterocycles. The van der Waals surface area contributed by atoms with Crippen molar-refractivity contribution in [3.05, 3.63) is 47.5 Å². The summed E-state index contributed by atoms with van der Waals surface area (Å²) in [5, 5.41) is 3.25. The summed E-state index contributed by atoms with van der Waals surface area (Å²) < 4.78 is 32.8. The van der Waals surface area contributed by atoms with Crippen LogP contribution in [0.3, 0.4) is 0 Å². The first-order valence-corrected chi connectivity index (χ1v) is 11.9. The predicted molar refractivity (Wildman–Crippen MR) is 120 cm³/mol. The lowest BCUT2D eigenvalue weighted by atomic mass is 10.2. The van der Waals surface area contributed by atoms with E-state index in [0.717, 1.165) is 23.1 Å². The van der Waals surface area contributed by atoms with Crippen molar-refractivity contribution < 1.29 is 17.9 Å². The molecule has 0 aliphatic carbocycles. The van der Waals surface area contributed by atoms with Crippen molar-refractivity contribution in [2.75, 3.05) is 26.0 Å². The highest BCUT2D eigenvalue weighted by atomic mass is 32.2. The molecule has 1 aromatic heterocycles. The van der Waals surface area contributed by atoms with Gasteiger partial charge in [0.2, 0.25) is 10.0 Å². The van der Waals surface area contributed by atoms with Gasteiger partial charge in [0.1, 0.15) is 11.3 Å². The van der Waals surface area contributed by atoms with Crippen molar-refractivity contribution in [2.24, 2.45) is 0 Å². The third-order valence-corrected chi connectivity index (χ3v) is 7.77. The Kier molecular flexibility index (Phi) is 6.74. The van der Waals surface area contributed by atoms with Crippen molar-refractivity contribution in [1.82, 2.24) is 9.29 Å². The molecule has 0 saturated heterocycles. The molecule has 3 aromatic rings. The van der Waals surface area contributed by atoms with Crippen LogP contribution in [0.15, 0.2) is 41.3 Å². The van der Waals surface area contributed by atoms with E-state index in [1.165, 1.54) is 39.9 Å². The Bertz CT molecular complexity index is 1150. The van der Waals surface area contributed by atoms with E-state index in [4.69, 9.17) is 4.74 Å². The number of rotatable bonds is 8. The average molecular weight is 448 g/mol. The summed E-state index contributed by atoms with van der Waals surface area (Å²) in [4.78, 5) is 17.3. The number of sulfonamides is 1. The van der Waals surface area contributed by atoms with Gasteiger partial charge in [0.15, 0.2) is 5.13 Å². The van der Waals surface area contributed by atoms with Gasteiger partial charge >= 0.3 is 0 Å². The highest BCUT2D eigenvalue weighted by Crippen LogP contribution is 2.34.